The lowest BCUT2D eigenvalue weighted by Crippen LogP contribution is -2.30. The van der Waals surface area contributed by atoms with E-state index >= 15 is 0 Å². The van der Waals surface area contributed by atoms with Crippen molar-refractivity contribution in [1.82, 2.24) is 10.3 Å². The third-order valence-electron chi connectivity index (χ3n) is 4.71. The van der Waals surface area contributed by atoms with Crippen LogP contribution in [0.25, 0.3) is 10.9 Å². The van der Waals surface area contributed by atoms with Crippen molar-refractivity contribution in [3.8, 4) is 0 Å². The topological polar surface area (TPSA) is 27.8 Å². The Kier molecular flexibility index (Phi) is 4.67. The van der Waals surface area contributed by atoms with Gasteiger partial charge in [0.05, 0.1) is 6.54 Å². The Morgan fingerprint density at radius 3 is 2.48 bits per heavy atom. The van der Waals surface area contributed by atoms with Gasteiger partial charge in [-0.15, -0.1) is 0 Å². The van der Waals surface area contributed by atoms with E-state index in [-0.39, 0.29) is 0 Å². The molecule has 1 heterocycles. The predicted molar refractivity (Wildman–Crippen MR) is 86.9 cm³/mol. The second-order valence-corrected chi connectivity index (χ2v) is 6.50. The fraction of sp³-hybridized carbons (Fsp3) is 0.556. The summed E-state index contributed by atoms with van der Waals surface area (Å²) in [6, 6.07) is 4.51. The van der Waals surface area contributed by atoms with Crippen LogP contribution in [-0.2, 0) is 19.3 Å². The van der Waals surface area contributed by atoms with Crippen LogP contribution in [0.1, 0.15) is 41.6 Å². The third kappa shape index (κ3) is 3.89. The molecule has 23 heavy (non-hydrogen) atoms. The molecule has 2 nitrogen and oxygen atoms in total. The lowest BCUT2D eigenvalue weighted by atomic mass is 9.98. The van der Waals surface area contributed by atoms with Crippen LogP contribution in [-0.4, -0.2) is 24.2 Å². The van der Waals surface area contributed by atoms with E-state index in [0.717, 1.165) is 29.6 Å². The molecule has 1 aliphatic carbocycles. The number of aromatic amines is 1. The van der Waals surface area contributed by atoms with Gasteiger partial charge in [-0.2, -0.15) is 13.2 Å². The molecule has 2 aromatic rings. The molecular formula is C18H23F3N2. The number of rotatable bonds is 4. The Labute approximate surface area is 134 Å². The van der Waals surface area contributed by atoms with Crippen LogP contribution in [0.15, 0.2) is 12.1 Å². The molecule has 5 heteroatoms. The van der Waals surface area contributed by atoms with Gasteiger partial charge in [0, 0.05) is 16.6 Å². The van der Waals surface area contributed by atoms with Crippen molar-refractivity contribution >= 4 is 10.9 Å². The van der Waals surface area contributed by atoms with Gasteiger partial charge in [0.2, 0.25) is 0 Å². The van der Waals surface area contributed by atoms with Gasteiger partial charge in [-0.25, -0.2) is 0 Å². The summed E-state index contributed by atoms with van der Waals surface area (Å²) < 4.78 is 36.6. The fourth-order valence-electron chi connectivity index (χ4n) is 3.56. The van der Waals surface area contributed by atoms with Crippen LogP contribution < -0.4 is 5.32 Å². The van der Waals surface area contributed by atoms with E-state index in [2.05, 4.69) is 22.4 Å². The van der Waals surface area contributed by atoms with Crippen molar-refractivity contribution in [2.45, 2.75) is 51.6 Å². The molecule has 1 aliphatic rings. The van der Waals surface area contributed by atoms with Crippen LogP contribution >= 0.6 is 0 Å². The van der Waals surface area contributed by atoms with E-state index in [0.29, 0.717) is 13.0 Å². The molecule has 0 fully saturated rings. The van der Waals surface area contributed by atoms with Crippen molar-refractivity contribution in [2.24, 2.45) is 0 Å². The summed E-state index contributed by atoms with van der Waals surface area (Å²) >= 11 is 0. The molecule has 0 radical (unpaired) electrons. The minimum absolute atomic E-state index is 0.338. The molecule has 0 saturated heterocycles. The number of nitrogens with one attached hydrogen (secondary N) is 2. The maximum Gasteiger partial charge on any atom is 0.401 e. The Morgan fingerprint density at radius 2 is 1.78 bits per heavy atom. The molecule has 2 N–H and O–H groups in total. The number of fused-ring (bicyclic) bond motifs is 2. The fourth-order valence-corrected chi connectivity index (χ4v) is 3.56. The van der Waals surface area contributed by atoms with Crippen LogP contribution in [0, 0.1) is 6.92 Å². The second kappa shape index (κ2) is 6.56. The number of alkyl halides is 3. The average molecular weight is 324 g/mol. The molecule has 0 amide bonds. The normalized spacial score (nSPS) is 15.7. The first-order valence-electron chi connectivity index (χ1n) is 8.34. The number of aromatic nitrogens is 1. The maximum atomic E-state index is 12.2. The second-order valence-electron chi connectivity index (χ2n) is 6.50. The van der Waals surface area contributed by atoms with E-state index in [1.165, 1.54) is 35.8 Å². The van der Waals surface area contributed by atoms with Crippen LogP contribution in [0.5, 0.6) is 0 Å². The standard InChI is InChI=1S/C18H23F3N2/c1-12-15(7-8-22-11-18(19,20)21)16-9-13-5-3-2-4-6-14(13)10-17(16)23-12/h9-10,22-23H,2-8,11H2,1H3. The summed E-state index contributed by atoms with van der Waals surface area (Å²) in [7, 11) is 0. The highest BCUT2D eigenvalue weighted by Crippen LogP contribution is 2.29. The average Bonchev–Trinajstić information content (AvgIpc) is 2.64. The number of benzene rings is 1. The summed E-state index contributed by atoms with van der Waals surface area (Å²) in [5.41, 5.74) is 6.17. The molecule has 0 unspecified atom stereocenters. The van der Waals surface area contributed by atoms with Gasteiger partial charge in [-0.05, 0) is 74.4 Å². The highest BCUT2D eigenvalue weighted by molar-refractivity contribution is 5.86. The lowest BCUT2D eigenvalue weighted by molar-refractivity contribution is -0.124. The van der Waals surface area contributed by atoms with Gasteiger partial charge in [0.15, 0.2) is 0 Å². The number of H-pyrrole nitrogens is 1. The van der Waals surface area contributed by atoms with Crippen molar-refractivity contribution in [3.63, 3.8) is 0 Å². The van der Waals surface area contributed by atoms with Gasteiger partial charge in [0.1, 0.15) is 0 Å². The number of hydrogen-bond acceptors (Lipinski definition) is 1. The molecule has 0 spiro atoms. The molecule has 0 atom stereocenters. The Bertz CT molecular complexity index is 686. The van der Waals surface area contributed by atoms with Gasteiger partial charge < -0.3 is 10.3 Å². The SMILES string of the molecule is Cc1[nH]c2cc3c(cc2c1CCNCC(F)(F)F)CCCCC3. The summed E-state index contributed by atoms with van der Waals surface area (Å²) in [4.78, 5) is 3.40. The molecule has 0 saturated carbocycles. The molecular weight excluding hydrogens is 301 g/mol. The van der Waals surface area contributed by atoms with E-state index in [9.17, 15) is 13.2 Å². The largest absolute Gasteiger partial charge is 0.401 e. The Balaban J connectivity index is 1.80. The summed E-state index contributed by atoms with van der Waals surface area (Å²) in [6.07, 6.45) is 2.45. The number of halogens is 3. The van der Waals surface area contributed by atoms with Crippen LogP contribution in [0.3, 0.4) is 0 Å². The van der Waals surface area contributed by atoms with Crippen LogP contribution in [0.4, 0.5) is 13.2 Å². The van der Waals surface area contributed by atoms with Crippen molar-refractivity contribution in [3.05, 3.63) is 34.5 Å². The highest BCUT2D eigenvalue weighted by atomic mass is 19.4. The first-order valence-corrected chi connectivity index (χ1v) is 8.34. The summed E-state index contributed by atoms with van der Waals surface area (Å²) in [6.45, 7) is 1.42. The third-order valence-corrected chi connectivity index (χ3v) is 4.71. The zero-order chi connectivity index (χ0) is 16.4. The van der Waals surface area contributed by atoms with E-state index in [4.69, 9.17) is 0 Å². The van der Waals surface area contributed by atoms with Crippen molar-refractivity contribution < 1.29 is 13.2 Å². The van der Waals surface area contributed by atoms with Gasteiger partial charge in [-0.1, -0.05) is 6.42 Å². The molecule has 1 aromatic heterocycles. The zero-order valence-electron chi connectivity index (χ0n) is 13.4. The minimum atomic E-state index is -4.15. The van der Waals surface area contributed by atoms with E-state index in [1.807, 2.05) is 6.92 Å². The van der Waals surface area contributed by atoms with Gasteiger partial charge >= 0.3 is 6.18 Å². The zero-order valence-corrected chi connectivity index (χ0v) is 13.4. The number of hydrogen-bond donors (Lipinski definition) is 2. The quantitative estimate of drug-likeness (QED) is 0.631. The summed E-state index contributed by atoms with van der Waals surface area (Å²) in [5, 5.41) is 3.67. The molecule has 126 valence electrons. The van der Waals surface area contributed by atoms with E-state index < -0.39 is 12.7 Å². The Morgan fingerprint density at radius 1 is 1.09 bits per heavy atom. The number of aryl methyl sites for hydroxylation is 3. The molecule has 0 aliphatic heterocycles. The smallest absolute Gasteiger partial charge is 0.358 e. The van der Waals surface area contributed by atoms with Crippen LogP contribution in [0.2, 0.25) is 0 Å². The van der Waals surface area contributed by atoms with Crippen molar-refractivity contribution in [1.29, 1.82) is 0 Å². The Hall–Kier alpha value is -1.49. The molecule has 0 bridgehead atoms. The first-order chi connectivity index (χ1) is 10.9. The minimum Gasteiger partial charge on any atom is -0.358 e. The van der Waals surface area contributed by atoms with Crippen molar-refractivity contribution in [2.75, 3.05) is 13.1 Å². The predicted octanol–water partition coefficient (Wildman–Crippen LogP) is 4.44. The first kappa shape index (κ1) is 16.4. The summed E-state index contributed by atoms with van der Waals surface area (Å²) in [5.74, 6) is 0. The maximum absolute atomic E-state index is 12.2. The van der Waals surface area contributed by atoms with Gasteiger partial charge in [-0.3, -0.25) is 0 Å². The highest BCUT2D eigenvalue weighted by Gasteiger charge is 2.26. The molecule has 1 aromatic carbocycles. The molecule has 3 rings (SSSR count). The monoisotopic (exact) mass is 324 g/mol. The lowest BCUT2D eigenvalue weighted by Gasteiger charge is -2.09. The van der Waals surface area contributed by atoms with E-state index in [1.54, 1.807) is 0 Å². The van der Waals surface area contributed by atoms with Gasteiger partial charge in [0.25, 0.3) is 0 Å².